The molecule has 3 heteroatoms. The summed E-state index contributed by atoms with van der Waals surface area (Å²) in [6, 6.07) is 6.27. The molecule has 0 amide bonds. The monoisotopic (exact) mass is 217 g/mol. The predicted molar refractivity (Wildman–Crippen MR) is 60.3 cm³/mol. The van der Waals surface area contributed by atoms with Crippen LogP contribution in [0.15, 0.2) is 36.7 Å². The van der Waals surface area contributed by atoms with E-state index in [1.165, 1.54) is 12.1 Å². The van der Waals surface area contributed by atoms with E-state index >= 15 is 0 Å². The second-order valence-corrected chi connectivity index (χ2v) is 3.71. The van der Waals surface area contributed by atoms with Crippen molar-refractivity contribution in [2.24, 2.45) is 0 Å². The first-order valence-electron chi connectivity index (χ1n) is 5.02. The van der Waals surface area contributed by atoms with Gasteiger partial charge in [-0.15, -0.1) is 0 Å². The van der Waals surface area contributed by atoms with E-state index < -0.39 is 0 Å². The van der Waals surface area contributed by atoms with Crippen LogP contribution in [0.4, 0.5) is 4.39 Å². The Morgan fingerprint density at radius 3 is 2.75 bits per heavy atom. The lowest BCUT2D eigenvalue weighted by Gasteiger charge is -2.07. The molecule has 1 aromatic heterocycles. The van der Waals surface area contributed by atoms with Gasteiger partial charge < -0.3 is 5.11 Å². The Hall–Kier alpha value is -1.74. The van der Waals surface area contributed by atoms with Crippen molar-refractivity contribution in [2.75, 3.05) is 0 Å². The number of nitrogens with zero attached hydrogens (tertiary/aromatic N) is 1. The lowest BCUT2D eigenvalue weighted by molar-refractivity contribution is 0.282. The van der Waals surface area contributed by atoms with E-state index in [0.717, 1.165) is 11.1 Å². The molecule has 2 nitrogen and oxygen atoms in total. The molecule has 0 aliphatic rings. The van der Waals surface area contributed by atoms with Crippen LogP contribution in [0.1, 0.15) is 11.1 Å². The standard InChI is InChI=1S/C13H12FNO/c1-9-4-11(7-15-6-9)13-5-12(14)3-2-10(13)8-16/h2-7,16H,8H2,1H3. The van der Waals surface area contributed by atoms with Gasteiger partial charge in [-0.3, -0.25) is 4.98 Å². The zero-order chi connectivity index (χ0) is 11.5. The highest BCUT2D eigenvalue weighted by atomic mass is 19.1. The second kappa shape index (κ2) is 4.41. The molecule has 82 valence electrons. The van der Waals surface area contributed by atoms with E-state index in [2.05, 4.69) is 4.98 Å². The van der Waals surface area contributed by atoms with Gasteiger partial charge in [0.1, 0.15) is 5.82 Å². The van der Waals surface area contributed by atoms with Gasteiger partial charge >= 0.3 is 0 Å². The number of aromatic nitrogens is 1. The molecule has 0 atom stereocenters. The normalized spacial score (nSPS) is 10.4. The third kappa shape index (κ3) is 2.09. The molecule has 1 N–H and O–H groups in total. The fourth-order valence-electron chi connectivity index (χ4n) is 1.66. The topological polar surface area (TPSA) is 33.1 Å². The van der Waals surface area contributed by atoms with Crippen molar-refractivity contribution in [3.05, 3.63) is 53.6 Å². The zero-order valence-electron chi connectivity index (χ0n) is 8.94. The molecule has 0 saturated heterocycles. The van der Waals surface area contributed by atoms with Crippen molar-refractivity contribution in [3.8, 4) is 11.1 Å². The Kier molecular flexibility index (Phi) is 2.97. The fraction of sp³-hybridized carbons (Fsp3) is 0.154. The first kappa shape index (κ1) is 10.8. The predicted octanol–water partition coefficient (Wildman–Crippen LogP) is 2.69. The molecule has 16 heavy (non-hydrogen) atoms. The summed E-state index contributed by atoms with van der Waals surface area (Å²) >= 11 is 0. The summed E-state index contributed by atoms with van der Waals surface area (Å²) < 4.78 is 13.2. The molecule has 0 aliphatic carbocycles. The highest BCUT2D eigenvalue weighted by molar-refractivity contribution is 5.67. The molecule has 0 unspecified atom stereocenters. The third-order valence-electron chi connectivity index (χ3n) is 2.43. The summed E-state index contributed by atoms with van der Waals surface area (Å²) in [7, 11) is 0. The molecule has 1 heterocycles. The molecule has 0 saturated carbocycles. The van der Waals surface area contributed by atoms with Crippen molar-refractivity contribution < 1.29 is 9.50 Å². The maximum Gasteiger partial charge on any atom is 0.123 e. The number of aliphatic hydroxyl groups excluding tert-OH is 1. The maximum absolute atomic E-state index is 13.2. The smallest absolute Gasteiger partial charge is 0.123 e. The number of pyridine rings is 1. The summed E-state index contributed by atoms with van der Waals surface area (Å²) in [5, 5.41) is 9.20. The summed E-state index contributed by atoms with van der Waals surface area (Å²) in [4.78, 5) is 4.06. The van der Waals surface area contributed by atoms with Crippen LogP contribution in [-0.4, -0.2) is 10.1 Å². The van der Waals surface area contributed by atoms with Gasteiger partial charge in [-0.1, -0.05) is 6.07 Å². The number of hydrogen-bond donors (Lipinski definition) is 1. The van der Waals surface area contributed by atoms with Crippen LogP contribution in [0.5, 0.6) is 0 Å². The average molecular weight is 217 g/mol. The maximum atomic E-state index is 13.2. The quantitative estimate of drug-likeness (QED) is 0.839. The molecular formula is C13H12FNO. The lowest BCUT2D eigenvalue weighted by atomic mass is 10.0. The highest BCUT2D eigenvalue weighted by Gasteiger charge is 2.06. The van der Waals surface area contributed by atoms with Gasteiger partial charge in [0.05, 0.1) is 6.61 Å². The lowest BCUT2D eigenvalue weighted by Crippen LogP contribution is -1.92. The van der Waals surface area contributed by atoms with E-state index in [9.17, 15) is 9.50 Å². The minimum absolute atomic E-state index is 0.108. The van der Waals surface area contributed by atoms with Crippen molar-refractivity contribution in [1.82, 2.24) is 4.98 Å². The SMILES string of the molecule is Cc1cncc(-c2cc(F)ccc2CO)c1. The van der Waals surface area contributed by atoms with E-state index in [0.29, 0.717) is 11.1 Å². The van der Waals surface area contributed by atoms with Crippen LogP contribution >= 0.6 is 0 Å². The van der Waals surface area contributed by atoms with Crippen molar-refractivity contribution in [1.29, 1.82) is 0 Å². The van der Waals surface area contributed by atoms with Gasteiger partial charge in [0.2, 0.25) is 0 Å². The van der Waals surface area contributed by atoms with Crippen LogP contribution in [0.25, 0.3) is 11.1 Å². The Morgan fingerprint density at radius 2 is 2.06 bits per heavy atom. The zero-order valence-corrected chi connectivity index (χ0v) is 8.94. The molecule has 1 aromatic carbocycles. The van der Waals surface area contributed by atoms with Gasteiger partial charge in [-0.2, -0.15) is 0 Å². The molecule has 2 rings (SSSR count). The Bertz CT molecular complexity index is 511. The first-order chi connectivity index (χ1) is 7.70. The van der Waals surface area contributed by atoms with Crippen LogP contribution in [0.2, 0.25) is 0 Å². The molecule has 0 radical (unpaired) electrons. The second-order valence-electron chi connectivity index (χ2n) is 3.71. The van der Waals surface area contributed by atoms with E-state index in [-0.39, 0.29) is 12.4 Å². The van der Waals surface area contributed by atoms with Crippen molar-refractivity contribution in [2.45, 2.75) is 13.5 Å². The largest absolute Gasteiger partial charge is 0.392 e. The molecular weight excluding hydrogens is 205 g/mol. The summed E-state index contributed by atoms with van der Waals surface area (Å²) in [6.07, 6.45) is 3.41. The van der Waals surface area contributed by atoms with Crippen LogP contribution < -0.4 is 0 Å². The Labute approximate surface area is 93.4 Å². The molecule has 0 bridgehead atoms. The highest BCUT2D eigenvalue weighted by Crippen LogP contribution is 2.24. The van der Waals surface area contributed by atoms with Gasteiger partial charge in [0.25, 0.3) is 0 Å². The third-order valence-corrected chi connectivity index (χ3v) is 2.43. The van der Waals surface area contributed by atoms with Crippen molar-refractivity contribution >= 4 is 0 Å². The molecule has 0 fully saturated rings. The average Bonchev–Trinajstić information content (AvgIpc) is 2.29. The molecule has 0 spiro atoms. The number of rotatable bonds is 2. The van der Waals surface area contributed by atoms with Gasteiger partial charge in [-0.05, 0) is 41.8 Å². The van der Waals surface area contributed by atoms with E-state index in [1.807, 2.05) is 13.0 Å². The summed E-state index contributed by atoms with van der Waals surface area (Å²) in [6.45, 7) is 1.82. The minimum atomic E-state index is -0.311. The van der Waals surface area contributed by atoms with Crippen LogP contribution in [0, 0.1) is 12.7 Å². The first-order valence-corrected chi connectivity index (χ1v) is 5.02. The number of benzene rings is 1. The van der Waals surface area contributed by atoms with Gasteiger partial charge in [-0.25, -0.2) is 4.39 Å². The summed E-state index contributed by atoms with van der Waals surface area (Å²) in [5.74, 6) is -0.311. The molecule has 2 aromatic rings. The number of aryl methyl sites for hydroxylation is 1. The summed E-state index contributed by atoms with van der Waals surface area (Å²) in [5.41, 5.74) is 3.22. The van der Waals surface area contributed by atoms with Crippen LogP contribution in [0.3, 0.4) is 0 Å². The van der Waals surface area contributed by atoms with E-state index in [4.69, 9.17) is 0 Å². The Balaban J connectivity index is 2.58. The van der Waals surface area contributed by atoms with Crippen LogP contribution in [-0.2, 0) is 6.61 Å². The van der Waals surface area contributed by atoms with Gasteiger partial charge in [0, 0.05) is 18.0 Å². The Morgan fingerprint density at radius 1 is 1.25 bits per heavy atom. The fourth-order valence-corrected chi connectivity index (χ4v) is 1.66. The van der Waals surface area contributed by atoms with Crippen molar-refractivity contribution in [3.63, 3.8) is 0 Å². The molecule has 0 aliphatic heterocycles. The number of halogens is 1. The number of aliphatic hydroxyl groups is 1. The van der Waals surface area contributed by atoms with Gasteiger partial charge in [0.15, 0.2) is 0 Å². The van der Waals surface area contributed by atoms with E-state index in [1.54, 1.807) is 18.5 Å². The number of hydrogen-bond acceptors (Lipinski definition) is 2. The minimum Gasteiger partial charge on any atom is -0.392 e.